The molecule has 0 saturated carbocycles. The first-order valence-corrected chi connectivity index (χ1v) is 7.91. The Morgan fingerprint density at radius 1 is 1.11 bits per heavy atom. The van der Waals surface area contributed by atoms with Crippen LogP contribution in [0.3, 0.4) is 0 Å². The fourth-order valence-corrected chi connectivity index (χ4v) is 3.61. The molecule has 1 saturated heterocycles. The highest BCUT2D eigenvalue weighted by atomic mass is 15.2. The smallest absolute Gasteiger partial charge is 0.0176 e. The predicted octanol–water partition coefficient (Wildman–Crippen LogP) is 2.62. The number of benzene rings is 1. The van der Waals surface area contributed by atoms with E-state index in [1.807, 2.05) is 0 Å². The van der Waals surface area contributed by atoms with Crippen LogP contribution in [-0.2, 0) is 12.8 Å². The van der Waals surface area contributed by atoms with E-state index in [9.17, 15) is 0 Å². The zero-order valence-electron chi connectivity index (χ0n) is 12.1. The molecule has 3 rings (SSSR count). The van der Waals surface area contributed by atoms with E-state index >= 15 is 0 Å². The molecule has 0 radical (unpaired) electrons. The lowest BCUT2D eigenvalue weighted by molar-refractivity contribution is 0.147. The van der Waals surface area contributed by atoms with Gasteiger partial charge in [-0.3, -0.25) is 4.90 Å². The lowest BCUT2D eigenvalue weighted by Gasteiger charge is -2.36. The van der Waals surface area contributed by atoms with Crippen LogP contribution >= 0.6 is 0 Å². The molecular weight excluding hydrogens is 232 g/mol. The van der Waals surface area contributed by atoms with Crippen molar-refractivity contribution in [2.75, 3.05) is 19.6 Å². The Labute approximate surface area is 117 Å². The molecule has 1 aliphatic heterocycles. The molecule has 0 bridgehead atoms. The fraction of sp³-hybridized carbons (Fsp3) is 0.647. The Morgan fingerprint density at radius 3 is 2.32 bits per heavy atom. The molecule has 1 heterocycles. The summed E-state index contributed by atoms with van der Waals surface area (Å²) in [4.78, 5) is 2.73. The van der Waals surface area contributed by atoms with Gasteiger partial charge in [0, 0.05) is 12.1 Å². The van der Waals surface area contributed by atoms with Gasteiger partial charge in [0.2, 0.25) is 0 Å². The highest BCUT2D eigenvalue weighted by Gasteiger charge is 2.29. The van der Waals surface area contributed by atoms with Gasteiger partial charge in [-0.2, -0.15) is 0 Å². The number of rotatable bonds is 4. The minimum atomic E-state index is 0.764. The first-order chi connectivity index (χ1) is 9.36. The summed E-state index contributed by atoms with van der Waals surface area (Å²) >= 11 is 0. The monoisotopic (exact) mass is 258 g/mol. The maximum Gasteiger partial charge on any atom is 0.0176 e. The Hall–Kier alpha value is -0.860. The number of hydrogen-bond donors (Lipinski definition) is 1. The van der Waals surface area contributed by atoms with E-state index in [0.717, 1.165) is 12.1 Å². The third kappa shape index (κ3) is 3.01. The summed E-state index contributed by atoms with van der Waals surface area (Å²) in [5, 5.41) is 3.67. The van der Waals surface area contributed by atoms with Crippen molar-refractivity contribution in [2.24, 2.45) is 0 Å². The lowest BCUT2D eigenvalue weighted by Crippen LogP contribution is -2.47. The van der Waals surface area contributed by atoms with Gasteiger partial charge in [0.15, 0.2) is 0 Å². The van der Waals surface area contributed by atoms with Crippen LogP contribution in [0.2, 0.25) is 0 Å². The molecule has 0 aromatic heterocycles. The van der Waals surface area contributed by atoms with Crippen molar-refractivity contribution in [1.82, 2.24) is 10.2 Å². The summed E-state index contributed by atoms with van der Waals surface area (Å²) in [6.45, 7) is 5.98. The van der Waals surface area contributed by atoms with Gasteiger partial charge in [0.25, 0.3) is 0 Å². The minimum absolute atomic E-state index is 0.764. The zero-order chi connectivity index (χ0) is 13.1. The standard InChI is InChI=1S/C17H26N2/c1-2-9-18-16-7-10-19(11-8-16)17-12-14-5-3-4-6-15(14)13-17/h3-6,16-18H,2,7-13H2,1H3. The van der Waals surface area contributed by atoms with Crippen LogP contribution in [0, 0.1) is 0 Å². The van der Waals surface area contributed by atoms with Crippen molar-refractivity contribution in [3.63, 3.8) is 0 Å². The number of hydrogen-bond acceptors (Lipinski definition) is 2. The molecule has 2 heteroatoms. The quantitative estimate of drug-likeness (QED) is 0.893. The molecule has 1 fully saturated rings. The molecule has 0 spiro atoms. The molecule has 2 aliphatic rings. The second-order valence-corrected chi connectivity index (χ2v) is 6.10. The van der Waals surface area contributed by atoms with Crippen molar-refractivity contribution in [2.45, 2.75) is 51.1 Å². The van der Waals surface area contributed by atoms with Crippen LogP contribution in [0.5, 0.6) is 0 Å². The normalized spacial score (nSPS) is 21.7. The summed E-state index contributed by atoms with van der Waals surface area (Å²) < 4.78 is 0. The summed E-state index contributed by atoms with van der Waals surface area (Å²) in [6, 6.07) is 10.5. The van der Waals surface area contributed by atoms with E-state index in [1.165, 1.54) is 51.7 Å². The molecule has 1 aliphatic carbocycles. The Kier molecular flexibility index (Phi) is 4.19. The van der Waals surface area contributed by atoms with Gasteiger partial charge in [0.05, 0.1) is 0 Å². The van der Waals surface area contributed by atoms with Crippen LogP contribution in [0.25, 0.3) is 0 Å². The van der Waals surface area contributed by atoms with Crippen molar-refractivity contribution in [1.29, 1.82) is 0 Å². The third-order valence-electron chi connectivity index (χ3n) is 4.76. The van der Waals surface area contributed by atoms with Crippen molar-refractivity contribution in [3.8, 4) is 0 Å². The maximum absolute atomic E-state index is 3.67. The second kappa shape index (κ2) is 6.06. The van der Waals surface area contributed by atoms with Gasteiger partial charge >= 0.3 is 0 Å². The van der Waals surface area contributed by atoms with Gasteiger partial charge in [-0.15, -0.1) is 0 Å². The van der Waals surface area contributed by atoms with E-state index in [4.69, 9.17) is 0 Å². The molecule has 2 nitrogen and oxygen atoms in total. The molecule has 0 amide bonds. The third-order valence-corrected chi connectivity index (χ3v) is 4.76. The highest BCUT2D eigenvalue weighted by molar-refractivity contribution is 5.33. The zero-order valence-corrected chi connectivity index (χ0v) is 12.1. The Morgan fingerprint density at radius 2 is 1.74 bits per heavy atom. The maximum atomic E-state index is 3.67. The Bertz CT molecular complexity index is 382. The van der Waals surface area contributed by atoms with Crippen LogP contribution in [0.1, 0.15) is 37.3 Å². The first kappa shape index (κ1) is 13.1. The lowest BCUT2D eigenvalue weighted by atomic mass is 10.0. The molecule has 0 atom stereocenters. The summed E-state index contributed by atoms with van der Waals surface area (Å²) in [7, 11) is 0. The topological polar surface area (TPSA) is 15.3 Å². The molecule has 104 valence electrons. The average Bonchev–Trinajstić information content (AvgIpc) is 2.89. The van der Waals surface area contributed by atoms with E-state index in [2.05, 4.69) is 41.4 Å². The second-order valence-electron chi connectivity index (χ2n) is 6.10. The van der Waals surface area contributed by atoms with E-state index < -0.39 is 0 Å². The summed E-state index contributed by atoms with van der Waals surface area (Å²) in [5.74, 6) is 0. The van der Waals surface area contributed by atoms with Crippen LogP contribution in [0.15, 0.2) is 24.3 Å². The first-order valence-electron chi connectivity index (χ1n) is 7.91. The van der Waals surface area contributed by atoms with E-state index in [-0.39, 0.29) is 0 Å². The average molecular weight is 258 g/mol. The number of nitrogens with one attached hydrogen (secondary N) is 1. The number of fused-ring (bicyclic) bond motifs is 1. The van der Waals surface area contributed by atoms with Crippen molar-refractivity contribution < 1.29 is 0 Å². The number of piperidine rings is 1. The number of likely N-dealkylation sites (tertiary alicyclic amines) is 1. The van der Waals surface area contributed by atoms with Crippen LogP contribution in [0.4, 0.5) is 0 Å². The summed E-state index contributed by atoms with van der Waals surface area (Å²) in [6.07, 6.45) is 6.43. The SMILES string of the molecule is CCCNC1CCN(C2Cc3ccccc3C2)CC1. The predicted molar refractivity (Wildman–Crippen MR) is 80.5 cm³/mol. The summed E-state index contributed by atoms with van der Waals surface area (Å²) in [5.41, 5.74) is 3.16. The fourth-order valence-electron chi connectivity index (χ4n) is 3.61. The van der Waals surface area contributed by atoms with Gasteiger partial charge in [0.1, 0.15) is 0 Å². The molecule has 19 heavy (non-hydrogen) atoms. The van der Waals surface area contributed by atoms with E-state index in [1.54, 1.807) is 11.1 Å². The highest BCUT2D eigenvalue weighted by Crippen LogP contribution is 2.27. The van der Waals surface area contributed by atoms with Gasteiger partial charge in [-0.05, 0) is 62.9 Å². The van der Waals surface area contributed by atoms with E-state index in [0.29, 0.717) is 0 Å². The van der Waals surface area contributed by atoms with Crippen molar-refractivity contribution >= 4 is 0 Å². The Balaban J connectivity index is 1.51. The van der Waals surface area contributed by atoms with Crippen LogP contribution in [-0.4, -0.2) is 36.6 Å². The van der Waals surface area contributed by atoms with Gasteiger partial charge in [-0.1, -0.05) is 31.2 Å². The van der Waals surface area contributed by atoms with Gasteiger partial charge < -0.3 is 5.32 Å². The van der Waals surface area contributed by atoms with Gasteiger partial charge in [-0.25, -0.2) is 0 Å². The molecule has 1 aromatic carbocycles. The minimum Gasteiger partial charge on any atom is -0.314 e. The van der Waals surface area contributed by atoms with Crippen molar-refractivity contribution in [3.05, 3.63) is 35.4 Å². The number of nitrogens with zero attached hydrogens (tertiary/aromatic N) is 1. The largest absolute Gasteiger partial charge is 0.314 e. The van der Waals surface area contributed by atoms with Crippen LogP contribution < -0.4 is 5.32 Å². The molecule has 1 N–H and O–H groups in total. The molecule has 0 unspecified atom stereocenters. The molecular formula is C17H26N2. The molecule has 1 aromatic rings.